The van der Waals surface area contributed by atoms with Crippen molar-refractivity contribution in [3.8, 4) is 0 Å². The third-order valence-corrected chi connectivity index (χ3v) is 6.51. The van der Waals surface area contributed by atoms with Gasteiger partial charge in [-0.1, -0.05) is 18.2 Å². The second-order valence-corrected chi connectivity index (χ2v) is 8.84. The molecule has 2 heterocycles. The van der Waals surface area contributed by atoms with E-state index in [0.717, 1.165) is 5.39 Å². The summed E-state index contributed by atoms with van der Waals surface area (Å²) >= 11 is 0. The number of aromatic nitrogens is 1. The lowest BCUT2D eigenvalue weighted by Crippen LogP contribution is -2.46. The van der Waals surface area contributed by atoms with Crippen LogP contribution in [0.1, 0.15) is 30.6 Å². The Morgan fingerprint density at radius 1 is 1.30 bits per heavy atom. The van der Waals surface area contributed by atoms with Gasteiger partial charge in [0.05, 0.1) is 22.6 Å². The molecule has 1 aromatic heterocycles. The number of benzene rings is 1. The van der Waals surface area contributed by atoms with Gasteiger partial charge in [0.15, 0.2) is 15.9 Å². The number of hydrogen-bond acceptors (Lipinski definition) is 6. The molecule has 1 aromatic carbocycles. The number of rotatable bonds is 5. The van der Waals surface area contributed by atoms with Crippen LogP contribution in [0.5, 0.6) is 0 Å². The smallest absolute Gasteiger partial charge is 0.341 e. The molecule has 1 fully saturated rings. The Hall–Kier alpha value is -2.48. The first-order chi connectivity index (χ1) is 12.8. The van der Waals surface area contributed by atoms with Crippen LogP contribution in [0.2, 0.25) is 0 Å². The monoisotopic (exact) mass is 390 g/mol. The zero-order chi connectivity index (χ0) is 19.6. The molecule has 7 nitrogen and oxygen atoms in total. The van der Waals surface area contributed by atoms with Crippen LogP contribution in [0, 0.1) is 0 Å². The van der Waals surface area contributed by atoms with Crippen LogP contribution in [-0.2, 0) is 19.4 Å². The van der Waals surface area contributed by atoms with Crippen molar-refractivity contribution in [3.63, 3.8) is 0 Å². The SMILES string of the molecule is CCN(C(=O)[C@H](C)OC(=O)c1cccc2cccnc12)[C@@H]1CCS(=O)(=O)C1. The Balaban J connectivity index is 1.74. The molecule has 8 heteroatoms. The van der Waals surface area contributed by atoms with Gasteiger partial charge < -0.3 is 9.64 Å². The number of carbonyl (C=O) groups excluding carboxylic acids is 2. The van der Waals surface area contributed by atoms with Crippen LogP contribution in [0.3, 0.4) is 0 Å². The Morgan fingerprint density at radius 3 is 2.70 bits per heavy atom. The maximum absolute atomic E-state index is 12.7. The maximum atomic E-state index is 12.7. The fourth-order valence-corrected chi connectivity index (χ4v) is 5.12. The second kappa shape index (κ2) is 7.64. The molecule has 0 aliphatic carbocycles. The Kier molecular flexibility index (Phi) is 5.46. The van der Waals surface area contributed by atoms with Gasteiger partial charge in [-0.3, -0.25) is 9.78 Å². The number of ether oxygens (including phenoxy) is 1. The predicted molar refractivity (Wildman–Crippen MR) is 101 cm³/mol. The fraction of sp³-hybridized carbons (Fsp3) is 0.421. The highest BCUT2D eigenvalue weighted by Gasteiger charge is 2.36. The number of carbonyl (C=O) groups is 2. The normalized spacial score (nSPS) is 19.6. The van der Waals surface area contributed by atoms with Crippen LogP contribution >= 0.6 is 0 Å². The van der Waals surface area contributed by atoms with Gasteiger partial charge in [0.25, 0.3) is 5.91 Å². The van der Waals surface area contributed by atoms with E-state index in [0.29, 0.717) is 24.0 Å². The number of pyridine rings is 1. The summed E-state index contributed by atoms with van der Waals surface area (Å²) in [5.74, 6) is -0.978. The average Bonchev–Trinajstić information content (AvgIpc) is 3.01. The number of likely N-dealkylation sites (N-methyl/N-ethyl adjacent to an activating group) is 1. The number of para-hydroxylation sites is 1. The molecule has 27 heavy (non-hydrogen) atoms. The predicted octanol–water partition coefficient (Wildman–Crippen LogP) is 1.82. The molecule has 0 saturated carbocycles. The summed E-state index contributed by atoms with van der Waals surface area (Å²) in [4.78, 5) is 31.0. The summed E-state index contributed by atoms with van der Waals surface area (Å²) in [6, 6.07) is 8.43. The average molecular weight is 390 g/mol. The standard InChI is InChI=1S/C19H22N2O5S/c1-3-21(15-9-11-27(24,25)12-15)18(22)13(2)26-19(23)16-8-4-6-14-7-5-10-20-17(14)16/h4-8,10,13,15H,3,9,11-12H2,1-2H3/t13-,15+/m0/s1. The lowest BCUT2D eigenvalue weighted by atomic mass is 10.1. The molecular weight excluding hydrogens is 368 g/mol. The molecule has 0 spiro atoms. The van der Waals surface area contributed by atoms with Gasteiger partial charge in [0.2, 0.25) is 0 Å². The number of amides is 1. The zero-order valence-corrected chi connectivity index (χ0v) is 16.1. The molecule has 0 N–H and O–H groups in total. The maximum Gasteiger partial charge on any atom is 0.341 e. The molecule has 1 aliphatic rings. The minimum Gasteiger partial charge on any atom is -0.449 e. The van der Waals surface area contributed by atoms with Crippen LogP contribution < -0.4 is 0 Å². The van der Waals surface area contributed by atoms with E-state index in [1.807, 2.05) is 12.1 Å². The van der Waals surface area contributed by atoms with Crippen molar-refractivity contribution in [3.05, 3.63) is 42.1 Å². The van der Waals surface area contributed by atoms with Gasteiger partial charge >= 0.3 is 5.97 Å². The Bertz CT molecular complexity index is 968. The largest absolute Gasteiger partial charge is 0.449 e. The van der Waals surface area contributed by atoms with E-state index >= 15 is 0 Å². The van der Waals surface area contributed by atoms with Crippen molar-refractivity contribution in [2.24, 2.45) is 0 Å². The van der Waals surface area contributed by atoms with E-state index in [2.05, 4.69) is 4.98 Å². The van der Waals surface area contributed by atoms with Gasteiger partial charge in [-0.15, -0.1) is 0 Å². The van der Waals surface area contributed by atoms with E-state index in [1.165, 1.54) is 11.8 Å². The van der Waals surface area contributed by atoms with E-state index in [4.69, 9.17) is 4.74 Å². The molecule has 0 bridgehead atoms. The molecule has 3 rings (SSSR count). The third-order valence-electron chi connectivity index (χ3n) is 4.76. The lowest BCUT2D eigenvalue weighted by Gasteiger charge is -2.29. The summed E-state index contributed by atoms with van der Waals surface area (Å²) in [6.45, 7) is 3.65. The van der Waals surface area contributed by atoms with Crippen molar-refractivity contribution in [1.29, 1.82) is 0 Å². The number of sulfone groups is 1. The number of hydrogen-bond donors (Lipinski definition) is 0. The number of fused-ring (bicyclic) bond motifs is 1. The molecule has 1 amide bonds. The van der Waals surface area contributed by atoms with Crippen molar-refractivity contribution in [2.75, 3.05) is 18.1 Å². The first kappa shape index (κ1) is 19.3. The van der Waals surface area contributed by atoms with Gasteiger partial charge in [0.1, 0.15) is 0 Å². The molecule has 1 saturated heterocycles. The van der Waals surface area contributed by atoms with Gasteiger partial charge in [0, 0.05) is 24.2 Å². The minimum atomic E-state index is -3.11. The van der Waals surface area contributed by atoms with Crippen LogP contribution in [0.25, 0.3) is 10.9 Å². The van der Waals surface area contributed by atoms with Crippen LogP contribution in [0.4, 0.5) is 0 Å². The van der Waals surface area contributed by atoms with E-state index in [1.54, 1.807) is 31.3 Å². The van der Waals surface area contributed by atoms with Gasteiger partial charge in [-0.25, -0.2) is 13.2 Å². The van der Waals surface area contributed by atoms with E-state index < -0.39 is 21.9 Å². The summed E-state index contributed by atoms with van der Waals surface area (Å²) in [5, 5.41) is 0.803. The van der Waals surface area contributed by atoms with Gasteiger partial charge in [-0.05, 0) is 32.4 Å². The summed E-state index contributed by atoms with van der Waals surface area (Å²) in [6.07, 6.45) is 0.989. The molecule has 1 aliphatic heterocycles. The fourth-order valence-electron chi connectivity index (χ4n) is 3.39. The number of esters is 1. The summed E-state index contributed by atoms with van der Waals surface area (Å²) in [7, 11) is -3.11. The highest BCUT2D eigenvalue weighted by atomic mass is 32.2. The zero-order valence-electron chi connectivity index (χ0n) is 15.3. The second-order valence-electron chi connectivity index (χ2n) is 6.61. The summed E-state index contributed by atoms with van der Waals surface area (Å²) < 4.78 is 28.8. The van der Waals surface area contributed by atoms with Crippen molar-refractivity contribution < 1.29 is 22.7 Å². The van der Waals surface area contributed by atoms with E-state index in [9.17, 15) is 18.0 Å². The van der Waals surface area contributed by atoms with Crippen LogP contribution in [-0.4, -0.2) is 60.4 Å². The summed E-state index contributed by atoms with van der Waals surface area (Å²) in [5.41, 5.74) is 0.804. The Morgan fingerprint density at radius 2 is 2.04 bits per heavy atom. The highest BCUT2D eigenvalue weighted by Crippen LogP contribution is 2.21. The molecule has 2 atom stereocenters. The third kappa shape index (κ3) is 4.10. The number of nitrogens with zero attached hydrogens (tertiary/aromatic N) is 2. The molecular formula is C19H22N2O5S. The Labute approximate surface area is 158 Å². The van der Waals surface area contributed by atoms with E-state index in [-0.39, 0.29) is 23.5 Å². The highest BCUT2D eigenvalue weighted by molar-refractivity contribution is 7.91. The molecule has 144 valence electrons. The molecule has 0 radical (unpaired) electrons. The quantitative estimate of drug-likeness (QED) is 0.723. The topological polar surface area (TPSA) is 93.6 Å². The van der Waals surface area contributed by atoms with Crippen molar-refractivity contribution >= 4 is 32.6 Å². The van der Waals surface area contributed by atoms with Crippen molar-refractivity contribution in [2.45, 2.75) is 32.4 Å². The molecule has 2 aromatic rings. The molecule has 0 unspecified atom stereocenters. The first-order valence-corrected chi connectivity index (χ1v) is 10.7. The van der Waals surface area contributed by atoms with Crippen molar-refractivity contribution in [1.82, 2.24) is 9.88 Å². The lowest BCUT2D eigenvalue weighted by molar-refractivity contribution is -0.141. The minimum absolute atomic E-state index is 0.0412. The van der Waals surface area contributed by atoms with Crippen LogP contribution in [0.15, 0.2) is 36.5 Å². The first-order valence-electron chi connectivity index (χ1n) is 8.88. The van der Waals surface area contributed by atoms with Gasteiger partial charge in [-0.2, -0.15) is 0 Å².